The molecule has 2 nitrogen and oxygen atoms in total. The Balaban J connectivity index is 2.12. The SMILES string of the molecule is CCCC/C=C/Oc1c2ccc(C)cc2c(O/C=C/CCCC)c2ccc(C)cc12. The van der Waals surface area contributed by atoms with Crippen molar-refractivity contribution in [1.82, 2.24) is 0 Å². The highest BCUT2D eigenvalue weighted by Gasteiger charge is 2.16. The van der Waals surface area contributed by atoms with Crippen LogP contribution in [0.3, 0.4) is 0 Å². The zero-order chi connectivity index (χ0) is 21.3. The van der Waals surface area contributed by atoms with E-state index in [2.05, 4.69) is 76.2 Å². The number of aryl methyl sites for hydroxylation is 2. The van der Waals surface area contributed by atoms with Crippen molar-refractivity contribution in [1.29, 1.82) is 0 Å². The van der Waals surface area contributed by atoms with E-state index in [0.29, 0.717) is 0 Å². The van der Waals surface area contributed by atoms with E-state index in [0.717, 1.165) is 45.9 Å². The minimum atomic E-state index is 0.902. The van der Waals surface area contributed by atoms with Gasteiger partial charge in [0.2, 0.25) is 0 Å². The van der Waals surface area contributed by atoms with Crippen molar-refractivity contribution >= 4 is 21.5 Å². The fraction of sp³-hybridized carbons (Fsp3) is 0.357. The van der Waals surface area contributed by atoms with E-state index < -0.39 is 0 Å². The van der Waals surface area contributed by atoms with Crippen LogP contribution in [0, 0.1) is 13.8 Å². The van der Waals surface area contributed by atoms with Gasteiger partial charge in [-0.25, -0.2) is 0 Å². The second-order valence-electron chi connectivity index (χ2n) is 8.02. The van der Waals surface area contributed by atoms with Gasteiger partial charge in [0, 0.05) is 21.5 Å². The largest absolute Gasteiger partial charge is 0.464 e. The van der Waals surface area contributed by atoms with Crippen LogP contribution in [0.15, 0.2) is 61.1 Å². The first-order valence-corrected chi connectivity index (χ1v) is 11.3. The average Bonchev–Trinajstić information content (AvgIpc) is 2.74. The maximum absolute atomic E-state index is 6.23. The number of rotatable bonds is 10. The van der Waals surface area contributed by atoms with Crippen LogP contribution >= 0.6 is 0 Å². The van der Waals surface area contributed by atoms with E-state index in [9.17, 15) is 0 Å². The van der Waals surface area contributed by atoms with Crippen LogP contribution in [-0.2, 0) is 0 Å². The molecule has 0 aliphatic rings. The standard InChI is InChI=1S/C28H34O2/c1-5-7-9-11-17-29-27-23-15-13-22(4)20-26(23)28(30-18-12-10-8-6-2)24-16-14-21(3)19-25(24)27/h11-20H,5-10H2,1-4H3/b17-11+,18-12+. The molecule has 0 saturated carbocycles. The van der Waals surface area contributed by atoms with Gasteiger partial charge in [0.15, 0.2) is 0 Å². The molecule has 0 aliphatic heterocycles. The lowest BCUT2D eigenvalue weighted by Gasteiger charge is -2.16. The molecule has 0 aliphatic carbocycles. The fourth-order valence-electron chi connectivity index (χ4n) is 3.64. The molecular weight excluding hydrogens is 368 g/mol. The molecule has 0 N–H and O–H groups in total. The van der Waals surface area contributed by atoms with Crippen molar-refractivity contribution in [3.05, 3.63) is 72.2 Å². The lowest BCUT2D eigenvalue weighted by Crippen LogP contribution is -1.93. The molecule has 2 heteroatoms. The van der Waals surface area contributed by atoms with Crippen molar-refractivity contribution in [3.8, 4) is 11.5 Å². The molecule has 3 aromatic carbocycles. The molecule has 0 spiro atoms. The van der Waals surface area contributed by atoms with E-state index in [1.165, 1.54) is 36.8 Å². The Bertz CT molecular complexity index is 958. The molecule has 0 amide bonds. The minimum Gasteiger partial charge on any atom is -0.464 e. The molecule has 3 rings (SSSR count). The van der Waals surface area contributed by atoms with Crippen LogP contribution in [0.2, 0.25) is 0 Å². The number of hydrogen-bond acceptors (Lipinski definition) is 2. The first-order chi connectivity index (χ1) is 14.7. The number of hydrogen-bond donors (Lipinski definition) is 0. The highest BCUT2D eigenvalue weighted by Crippen LogP contribution is 2.43. The summed E-state index contributed by atoms with van der Waals surface area (Å²) >= 11 is 0. The third kappa shape index (κ3) is 5.24. The Kier molecular flexibility index (Phi) is 7.96. The predicted octanol–water partition coefficient (Wildman–Crippen LogP) is 8.78. The van der Waals surface area contributed by atoms with Gasteiger partial charge in [-0.1, -0.05) is 62.1 Å². The highest BCUT2D eigenvalue weighted by atomic mass is 16.5. The summed E-state index contributed by atoms with van der Waals surface area (Å²) in [6.07, 6.45) is 14.7. The molecule has 0 unspecified atom stereocenters. The average molecular weight is 403 g/mol. The smallest absolute Gasteiger partial charge is 0.142 e. The third-order valence-corrected chi connectivity index (χ3v) is 5.34. The zero-order valence-electron chi connectivity index (χ0n) is 18.8. The third-order valence-electron chi connectivity index (χ3n) is 5.34. The van der Waals surface area contributed by atoms with E-state index >= 15 is 0 Å². The van der Waals surface area contributed by atoms with E-state index in [4.69, 9.17) is 9.47 Å². The van der Waals surface area contributed by atoms with Gasteiger partial charge >= 0.3 is 0 Å². The van der Waals surface area contributed by atoms with Gasteiger partial charge < -0.3 is 9.47 Å². The summed E-state index contributed by atoms with van der Waals surface area (Å²) in [5, 5.41) is 4.33. The summed E-state index contributed by atoms with van der Waals surface area (Å²) in [6, 6.07) is 13.0. The Labute approximate surface area is 181 Å². The van der Waals surface area contributed by atoms with Crippen molar-refractivity contribution in [3.63, 3.8) is 0 Å². The number of benzene rings is 3. The number of fused-ring (bicyclic) bond motifs is 2. The molecular formula is C28H34O2. The lowest BCUT2D eigenvalue weighted by atomic mass is 9.98. The second-order valence-corrected chi connectivity index (χ2v) is 8.02. The minimum absolute atomic E-state index is 0.902. The highest BCUT2D eigenvalue weighted by molar-refractivity contribution is 6.11. The molecule has 0 aromatic heterocycles. The molecule has 30 heavy (non-hydrogen) atoms. The molecule has 0 fully saturated rings. The summed E-state index contributed by atoms with van der Waals surface area (Å²) in [5.74, 6) is 1.80. The van der Waals surface area contributed by atoms with Crippen LogP contribution in [-0.4, -0.2) is 0 Å². The predicted molar refractivity (Wildman–Crippen MR) is 130 cm³/mol. The van der Waals surface area contributed by atoms with Gasteiger partial charge in [0.1, 0.15) is 11.5 Å². The van der Waals surface area contributed by atoms with E-state index in [1.54, 1.807) is 0 Å². The molecule has 0 bridgehead atoms. The van der Waals surface area contributed by atoms with Crippen molar-refractivity contribution in [2.45, 2.75) is 66.2 Å². The normalized spacial score (nSPS) is 11.9. The van der Waals surface area contributed by atoms with Crippen molar-refractivity contribution in [2.75, 3.05) is 0 Å². The Hall–Kier alpha value is -2.74. The Morgan fingerprint density at radius 3 is 1.47 bits per heavy atom. The Morgan fingerprint density at radius 2 is 1.07 bits per heavy atom. The fourth-order valence-corrected chi connectivity index (χ4v) is 3.64. The van der Waals surface area contributed by atoms with Gasteiger partial charge in [-0.3, -0.25) is 0 Å². The number of unbranched alkanes of at least 4 members (excludes halogenated alkanes) is 4. The molecule has 158 valence electrons. The van der Waals surface area contributed by atoms with Crippen LogP contribution in [0.25, 0.3) is 21.5 Å². The van der Waals surface area contributed by atoms with Crippen LogP contribution in [0.5, 0.6) is 11.5 Å². The molecule has 0 radical (unpaired) electrons. The first kappa shape index (κ1) is 22.0. The van der Waals surface area contributed by atoms with Crippen LogP contribution < -0.4 is 9.47 Å². The first-order valence-electron chi connectivity index (χ1n) is 11.3. The zero-order valence-corrected chi connectivity index (χ0v) is 18.8. The summed E-state index contributed by atoms with van der Waals surface area (Å²) in [5.41, 5.74) is 2.41. The molecule has 0 saturated heterocycles. The number of ether oxygens (including phenoxy) is 2. The molecule has 3 aromatic rings. The molecule has 0 atom stereocenters. The van der Waals surface area contributed by atoms with Gasteiger partial charge in [0.25, 0.3) is 0 Å². The van der Waals surface area contributed by atoms with Gasteiger partial charge in [-0.15, -0.1) is 0 Å². The lowest BCUT2D eigenvalue weighted by molar-refractivity contribution is 0.481. The summed E-state index contributed by atoms with van der Waals surface area (Å²) in [6.45, 7) is 8.64. The van der Waals surface area contributed by atoms with Gasteiger partial charge in [0.05, 0.1) is 12.5 Å². The van der Waals surface area contributed by atoms with Crippen LogP contribution in [0.4, 0.5) is 0 Å². The second kappa shape index (κ2) is 10.9. The van der Waals surface area contributed by atoms with Crippen LogP contribution in [0.1, 0.15) is 63.5 Å². The van der Waals surface area contributed by atoms with E-state index in [1.807, 2.05) is 12.5 Å². The monoisotopic (exact) mass is 402 g/mol. The number of allylic oxidation sites excluding steroid dienone is 2. The maximum atomic E-state index is 6.23. The summed E-state index contributed by atoms with van der Waals surface area (Å²) in [4.78, 5) is 0. The Morgan fingerprint density at radius 1 is 0.633 bits per heavy atom. The van der Waals surface area contributed by atoms with Gasteiger partial charge in [-0.2, -0.15) is 0 Å². The quantitative estimate of drug-likeness (QED) is 0.192. The summed E-state index contributed by atoms with van der Waals surface area (Å²) in [7, 11) is 0. The van der Waals surface area contributed by atoms with Crippen molar-refractivity contribution in [2.24, 2.45) is 0 Å². The van der Waals surface area contributed by atoms with Crippen molar-refractivity contribution < 1.29 is 9.47 Å². The van der Waals surface area contributed by atoms with Gasteiger partial charge in [-0.05, 0) is 63.8 Å². The topological polar surface area (TPSA) is 18.5 Å². The maximum Gasteiger partial charge on any atom is 0.142 e. The molecule has 0 heterocycles. The van der Waals surface area contributed by atoms with E-state index in [-0.39, 0.29) is 0 Å². The summed E-state index contributed by atoms with van der Waals surface area (Å²) < 4.78 is 12.5.